The number of unbranched alkanes of at least 4 members (excludes halogenated alkanes) is 4. The standard InChI is InChI=1S/C16H32/c1-5-6-7-10-13-16(4)14-11-8-9-12-15(2)3/h10,13,15-16H,5-9,11-12,14H2,1-4H3. The smallest absolute Gasteiger partial charge is 0.0262 e. The summed E-state index contributed by atoms with van der Waals surface area (Å²) in [5, 5.41) is 0. The maximum absolute atomic E-state index is 2.41. The number of allylic oxidation sites excluding steroid dienone is 2. The summed E-state index contributed by atoms with van der Waals surface area (Å²) in [6.45, 7) is 9.25. The molecule has 0 spiro atoms. The van der Waals surface area contributed by atoms with E-state index in [1.807, 2.05) is 0 Å². The Labute approximate surface area is 104 Å². The number of rotatable bonds is 10. The first-order chi connectivity index (χ1) is 7.66. The van der Waals surface area contributed by atoms with Crippen LogP contribution >= 0.6 is 0 Å². The molecule has 0 aliphatic carbocycles. The Morgan fingerprint density at radius 1 is 0.875 bits per heavy atom. The molecule has 0 nitrogen and oxygen atoms in total. The van der Waals surface area contributed by atoms with Gasteiger partial charge in [-0.1, -0.05) is 78.4 Å². The van der Waals surface area contributed by atoms with Gasteiger partial charge in [-0.25, -0.2) is 0 Å². The predicted octanol–water partition coefficient (Wildman–Crippen LogP) is 5.98. The summed E-state index contributed by atoms with van der Waals surface area (Å²) in [5.74, 6) is 1.67. The van der Waals surface area contributed by atoms with Crippen LogP contribution in [0.25, 0.3) is 0 Å². The van der Waals surface area contributed by atoms with Crippen molar-refractivity contribution in [3.05, 3.63) is 12.2 Å². The van der Waals surface area contributed by atoms with Gasteiger partial charge in [0.25, 0.3) is 0 Å². The number of hydrogen-bond donors (Lipinski definition) is 0. The molecule has 0 amide bonds. The van der Waals surface area contributed by atoms with E-state index < -0.39 is 0 Å². The summed E-state index contributed by atoms with van der Waals surface area (Å²) in [6, 6.07) is 0. The van der Waals surface area contributed by atoms with Crippen molar-refractivity contribution < 1.29 is 0 Å². The van der Waals surface area contributed by atoms with Crippen LogP contribution in [0.2, 0.25) is 0 Å². The molecule has 0 saturated carbocycles. The molecule has 96 valence electrons. The monoisotopic (exact) mass is 224 g/mol. The highest BCUT2D eigenvalue weighted by Gasteiger charge is 1.98. The summed E-state index contributed by atoms with van der Waals surface area (Å²) < 4.78 is 0. The first-order valence-electron chi connectivity index (χ1n) is 7.33. The second-order valence-corrected chi connectivity index (χ2v) is 5.58. The zero-order valence-corrected chi connectivity index (χ0v) is 12.0. The van der Waals surface area contributed by atoms with Gasteiger partial charge in [-0.2, -0.15) is 0 Å². The van der Waals surface area contributed by atoms with Gasteiger partial charge in [0.15, 0.2) is 0 Å². The van der Waals surface area contributed by atoms with E-state index in [9.17, 15) is 0 Å². The van der Waals surface area contributed by atoms with Gasteiger partial charge in [-0.3, -0.25) is 0 Å². The minimum atomic E-state index is 0.788. The van der Waals surface area contributed by atoms with E-state index in [1.165, 1.54) is 51.4 Å². The van der Waals surface area contributed by atoms with Crippen LogP contribution < -0.4 is 0 Å². The van der Waals surface area contributed by atoms with Crippen LogP contribution in [0.5, 0.6) is 0 Å². The average molecular weight is 224 g/mol. The Bertz CT molecular complexity index is 155. The molecule has 0 fully saturated rings. The minimum absolute atomic E-state index is 0.788. The van der Waals surface area contributed by atoms with Gasteiger partial charge in [0.05, 0.1) is 0 Å². The van der Waals surface area contributed by atoms with Gasteiger partial charge in [0, 0.05) is 0 Å². The zero-order chi connectivity index (χ0) is 12.2. The van der Waals surface area contributed by atoms with Crippen LogP contribution in [-0.4, -0.2) is 0 Å². The van der Waals surface area contributed by atoms with Crippen LogP contribution in [0.3, 0.4) is 0 Å². The first kappa shape index (κ1) is 15.7. The third kappa shape index (κ3) is 11.8. The highest BCUT2D eigenvalue weighted by molar-refractivity contribution is 4.86. The lowest BCUT2D eigenvalue weighted by Crippen LogP contribution is -1.91. The van der Waals surface area contributed by atoms with Crippen LogP contribution in [0.4, 0.5) is 0 Å². The molecular weight excluding hydrogens is 192 g/mol. The second-order valence-electron chi connectivity index (χ2n) is 5.58. The molecule has 0 heteroatoms. The molecule has 0 saturated heterocycles. The van der Waals surface area contributed by atoms with E-state index >= 15 is 0 Å². The maximum atomic E-state index is 2.41. The van der Waals surface area contributed by atoms with Gasteiger partial charge >= 0.3 is 0 Å². The van der Waals surface area contributed by atoms with Crippen molar-refractivity contribution in [2.24, 2.45) is 11.8 Å². The molecule has 0 N–H and O–H groups in total. The van der Waals surface area contributed by atoms with E-state index in [1.54, 1.807) is 0 Å². The van der Waals surface area contributed by atoms with Gasteiger partial charge in [-0.15, -0.1) is 0 Å². The molecule has 1 unspecified atom stereocenters. The molecule has 0 rings (SSSR count). The molecule has 16 heavy (non-hydrogen) atoms. The summed E-state index contributed by atoms with van der Waals surface area (Å²) in [6.07, 6.45) is 15.8. The summed E-state index contributed by atoms with van der Waals surface area (Å²) in [4.78, 5) is 0. The van der Waals surface area contributed by atoms with Crippen molar-refractivity contribution in [2.75, 3.05) is 0 Å². The fourth-order valence-electron chi connectivity index (χ4n) is 1.94. The summed E-state index contributed by atoms with van der Waals surface area (Å²) in [7, 11) is 0. The Hall–Kier alpha value is -0.260. The van der Waals surface area contributed by atoms with Crippen molar-refractivity contribution in [1.29, 1.82) is 0 Å². The van der Waals surface area contributed by atoms with Crippen molar-refractivity contribution in [3.63, 3.8) is 0 Å². The molecule has 0 aromatic heterocycles. The SMILES string of the molecule is CCCCC=CC(C)CCCCCC(C)C. The molecule has 0 heterocycles. The van der Waals surface area contributed by atoms with Crippen LogP contribution in [0.15, 0.2) is 12.2 Å². The molecule has 1 atom stereocenters. The van der Waals surface area contributed by atoms with Gasteiger partial charge < -0.3 is 0 Å². The second kappa shape index (κ2) is 11.2. The minimum Gasteiger partial charge on any atom is -0.0883 e. The molecule has 0 aromatic carbocycles. The van der Waals surface area contributed by atoms with Gasteiger partial charge in [-0.05, 0) is 24.7 Å². The Morgan fingerprint density at radius 2 is 1.56 bits per heavy atom. The normalized spacial score (nSPS) is 13.8. The maximum Gasteiger partial charge on any atom is -0.0262 e. The van der Waals surface area contributed by atoms with Crippen molar-refractivity contribution in [3.8, 4) is 0 Å². The van der Waals surface area contributed by atoms with Gasteiger partial charge in [0.2, 0.25) is 0 Å². The van der Waals surface area contributed by atoms with E-state index in [0.717, 1.165) is 11.8 Å². The summed E-state index contributed by atoms with van der Waals surface area (Å²) in [5.41, 5.74) is 0. The summed E-state index contributed by atoms with van der Waals surface area (Å²) >= 11 is 0. The van der Waals surface area contributed by atoms with Crippen molar-refractivity contribution in [2.45, 2.75) is 79.1 Å². The van der Waals surface area contributed by atoms with Crippen LogP contribution in [0.1, 0.15) is 79.1 Å². The number of hydrogen-bond acceptors (Lipinski definition) is 0. The van der Waals surface area contributed by atoms with E-state index in [0.29, 0.717) is 0 Å². The third-order valence-corrected chi connectivity index (χ3v) is 3.13. The highest BCUT2D eigenvalue weighted by atomic mass is 14.0. The Kier molecular flexibility index (Phi) is 11.0. The zero-order valence-electron chi connectivity index (χ0n) is 12.0. The van der Waals surface area contributed by atoms with E-state index in [2.05, 4.69) is 39.8 Å². The quantitative estimate of drug-likeness (QED) is 0.316. The van der Waals surface area contributed by atoms with Crippen molar-refractivity contribution >= 4 is 0 Å². The van der Waals surface area contributed by atoms with Crippen molar-refractivity contribution in [1.82, 2.24) is 0 Å². The molecule has 0 bridgehead atoms. The van der Waals surface area contributed by atoms with Crippen LogP contribution in [-0.2, 0) is 0 Å². The lowest BCUT2D eigenvalue weighted by Gasteiger charge is -2.07. The fraction of sp³-hybridized carbons (Fsp3) is 0.875. The molecule has 0 radical (unpaired) electrons. The molecule has 0 aliphatic rings. The molecule has 0 aromatic rings. The lowest BCUT2D eigenvalue weighted by molar-refractivity contribution is 0.500. The third-order valence-electron chi connectivity index (χ3n) is 3.13. The molecule has 0 aliphatic heterocycles. The fourth-order valence-corrected chi connectivity index (χ4v) is 1.94. The highest BCUT2D eigenvalue weighted by Crippen LogP contribution is 2.14. The van der Waals surface area contributed by atoms with E-state index in [-0.39, 0.29) is 0 Å². The Morgan fingerprint density at radius 3 is 2.19 bits per heavy atom. The topological polar surface area (TPSA) is 0 Å². The first-order valence-corrected chi connectivity index (χ1v) is 7.33. The Balaban J connectivity index is 3.29. The largest absolute Gasteiger partial charge is 0.0883 e. The predicted molar refractivity (Wildman–Crippen MR) is 75.8 cm³/mol. The van der Waals surface area contributed by atoms with Gasteiger partial charge in [0.1, 0.15) is 0 Å². The molecular formula is C16H32. The average Bonchev–Trinajstić information content (AvgIpc) is 2.23. The van der Waals surface area contributed by atoms with Crippen LogP contribution in [0, 0.1) is 11.8 Å². The lowest BCUT2D eigenvalue weighted by atomic mass is 9.99. The van der Waals surface area contributed by atoms with E-state index in [4.69, 9.17) is 0 Å².